The van der Waals surface area contributed by atoms with E-state index < -0.39 is 0 Å². The van der Waals surface area contributed by atoms with Gasteiger partial charge in [-0.05, 0) is 12.1 Å². The highest BCUT2D eigenvalue weighted by molar-refractivity contribution is 5.87. The quantitative estimate of drug-likeness (QED) is 0.503. The lowest BCUT2D eigenvalue weighted by atomic mass is 10.2. The van der Waals surface area contributed by atoms with E-state index in [1.807, 2.05) is 0 Å². The van der Waals surface area contributed by atoms with Crippen LogP contribution in [0.3, 0.4) is 0 Å². The van der Waals surface area contributed by atoms with Crippen LogP contribution in [0.4, 0.5) is 0 Å². The molecule has 1 N–H and O–H groups in total. The molecule has 0 saturated heterocycles. The second kappa shape index (κ2) is 3.51. The number of aromatic hydroxyl groups is 1. The van der Waals surface area contributed by atoms with Gasteiger partial charge in [-0.1, -0.05) is 12.1 Å². The van der Waals surface area contributed by atoms with Crippen molar-refractivity contribution in [2.45, 2.75) is 0 Å². The Hall–Kier alpha value is -1.64. The summed E-state index contributed by atoms with van der Waals surface area (Å²) in [6, 6.07) is 6.66. The van der Waals surface area contributed by atoms with E-state index in [1.54, 1.807) is 18.2 Å². The predicted molar refractivity (Wildman–Crippen MR) is 41.8 cm³/mol. The number of amides is 1. The molecule has 0 radical (unpaired) electrons. The van der Waals surface area contributed by atoms with Gasteiger partial charge in [0.05, 0.1) is 0 Å². The van der Waals surface area contributed by atoms with Crippen LogP contribution in [0.15, 0.2) is 29.3 Å². The Morgan fingerprint density at radius 2 is 2.09 bits per heavy atom. The van der Waals surface area contributed by atoms with Crippen molar-refractivity contribution in [2.75, 3.05) is 0 Å². The maximum absolute atomic E-state index is 9.81. The van der Waals surface area contributed by atoms with Gasteiger partial charge in [0.2, 0.25) is 6.41 Å². The summed E-state index contributed by atoms with van der Waals surface area (Å²) in [6.07, 6.45) is 1.73. The fourth-order valence-electron chi connectivity index (χ4n) is 0.707. The number of aliphatic imine (C=N–C) groups is 1. The van der Waals surface area contributed by atoms with Crippen molar-refractivity contribution in [3.63, 3.8) is 0 Å². The van der Waals surface area contributed by atoms with Crippen LogP contribution < -0.4 is 0 Å². The van der Waals surface area contributed by atoms with Crippen LogP contribution in [-0.2, 0) is 4.79 Å². The van der Waals surface area contributed by atoms with E-state index in [-0.39, 0.29) is 5.75 Å². The van der Waals surface area contributed by atoms with Gasteiger partial charge in [0.25, 0.3) is 0 Å². The van der Waals surface area contributed by atoms with Gasteiger partial charge in [-0.3, -0.25) is 4.79 Å². The fraction of sp³-hybridized carbons (Fsp3) is 0. The standard InChI is InChI=1S/C8H7NO2/c10-6-9-5-7-3-1-2-4-8(7)11/h1-6,11H. The molecule has 0 aliphatic carbocycles. The number of phenolic OH excluding ortho intramolecular Hbond substituents is 1. The Kier molecular flexibility index (Phi) is 2.38. The number of rotatable bonds is 2. The zero-order chi connectivity index (χ0) is 8.10. The number of para-hydroxylation sites is 1. The summed E-state index contributed by atoms with van der Waals surface area (Å²) in [5.74, 6) is 0.123. The molecule has 0 unspecified atom stereocenters. The summed E-state index contributed by atoms with van der Waals surface area (Å²) in [5.41, 5.74) is 0.541. The molecule has 3 heteroatoms. The lowest BCUT2D eigenvalue weighted by molar-refractivity contribution is -0.106. The molecule has 1 aromatic rings. The van der Waals surface area contributed by atoms with Gasteiger partial charge < -0.3 is 5.11 Å². The van der Waals surface area contributed by atoms with Crippen molar-refractivity contribution < 1.29 is 9.90 Å². The molecule has 0 saturated carbocycles. The summed E-state index contributed by atoms with van der Waals surface area (Å²) in [6.45, 7) is 0. The second-order valence-electron chi connectivity index (χ2n) is 1.94. The fourth-order valence-corrected chi connectivity index (χ4v) is 0.707. The van der Waals surface area contributed by atoms with Gasteiger partial charge in [0, 0.05) is 11.8 Å². The van der Waals surface area contributed by atoms with Gasteiger partial charge >= 0.3 is 0 Å². The molecule has 3 nitrogen and oxygen atoms in total. The molecular formula is C8H7NO2. The van der Waals surface area contributed by atoms with E-state index >= 15 is 0 Å². The minimum absolute atomic E-state index is 0.123. The van der Waals surface area contributed by atoms with Crippen molar-refractivity contribution in [3.05, 3.63) is 29.8 Å². The normalized spacial score (nSPS) is 10.2. The molecular weight excluding hydrogens is 142 g/mol. The third-order valence-electron chi connectivity index (χ3n) is 1.21. The van der Waals surface area contributed by atoms with Gasteiger partial charge in [-0.2, -0.15) is 0 Å². The number of carbonyl (C=O) groups is 1. The van der Waals surface area contributed by atoms with Crippen LogP contribution in [0.5, 0.6) is 5.75 Å². The van der Waals surface area contributed by atoms with Crippen molar-refractivity contribution in [1.29, 1.82) is 0 Å². The van der Waals surface area contributed by atoms with Crippen molar-refractivity contribution in [3.8, 4) is 5.75 Å². The molecule has 0 bridgehead atoms. The first-order chi connectivity index (χ1) is 5.34. The molecule has 0 fully saturated rings. The second-order valence-corrected chi connectivity index (χ2v) is 1.94. The maximum Gasteiger partial charge on any atom is 0.232 e. The number of hydrogen-bond acceptors (Lipinski definition) is 2. The van der Waals surface area contributed by atoms with E-state index in [9.17, 15) is 4.79 Å². The van der Waals surface area contributed by atoms with Crippen LogP contribution in [0.2, 0.25) is 0 Å². The van der Waals surface area contributed by atoms with Gasteiger partial charge in [-0.15, -0.1) is 0 Å². The Morgan fingerprint density at radius 1 is 1.36 bits per heavy atom. The number of benzene rings is 1. The highest BCUT2D eigenvalue weighted by Gasteiger charge is 1.92. The Balaban J connectivity index is 2.94. The summed E-state index contributed by atoms with van der Waals surface area (Å²) < 4.78 is 0. The Bertz CT molecular complexity index is 281. The van der Waals surface area contributed by atoms with Crippen LogP contribution in [-0.4, -0.2) is 17.7 Å². The molecule has 11 heavy (non-hydrogen) atoms. The first-order valence-electron chi connectivity index (χ1n) is 3.09. The summed E-state index contributed by atoms with van der Waals surface area (Å²) in [5, 5.41) is 9.13. The van der Waals surface area contributed by atoms with Crippen LogP contribution in [0.25, 0.3) is 0 Å². The molecule has 1 aromatic carbocycles. The molecule has 0 heterocycles. The Morgan fingerprint density at radius 3 is 2.73 bits per heavy atom. The minimum atomic E-state index is 0.123. The molecule has 1 amide bonds. The third-order valence-corrected chi connectivity index (χ3v) is 1.21. The minimum Gasteiger partial charge on any atom is -0.507 e. The van der Waals surface area contributed by atoms with Crippen molar-refractivity contribution in [1.82, 2.24) is 0 Å². The molecule has 0 aromatic heterocycles. The van der Waals surface area contributed by atoms with E-state index in [2.05, 4.69) is 4.99 Å². The third kappa shape index (κ3) is 1.89. The molecule has 1 rings (SSSR count). The number of carbonyl (C=O) groups excluding carboxylic acids is 1. The highest BCUT2D eigenvalue weighted by Crippen LogP contribution is 2.12. The molecule has 0 aliphatic heterocycles. The van der Waals surface area contributed by atoms with E-state index in [4.69, 9.17) is 5.11 Å². The van der Waals surface area contributed by atoms with Gasteiger partial charge in [0.15, 0.2) is 0 Å². The van der Waals surface area contributed by atoms with E-state index in [1.165, 1.54) is 12.3 Å². The topological polar surface area (TPSA) is 49.7 Å². The van der Waals surface area contributed by atoms with Crippen LogP contribution in [0.1, 0.15) is 5.56 Å². The van der Waals surface area contributed by atoms with Crippen molar-refractivity contribution >= 4 is 12.6 Å². The van der Waals surface area contributed by atoms with E-state index in [0.717, 1.165) is 0 Å². The smallest absolute Gasteiger partial charge is 0.232 e. The van der Waals surface area contributed by atoms with E-state index in [0.29, 0.717) is 12.0 Å². The molecule has 0 aliphatic rings. The average Bonchev–Trinajstić information content (AvgIpc) is 2.03. The van der Waals surface area contributed by atoms with Crippen LogP contribution >= 0.6 is 0 Å². The maximum atomic E-state index is 9.81. The zero-order valence-electron chi connectivity index (χ0n) is 5.77. The summed E-state index contributed by atoms with van der Waals surface area (Å²) in [7, 11) is 0. The predicted octanol–water partition coefficient (Wildman–Crippen LogP) is 0.968. The van der Waals surface area contributed by atoms with Crippen LogP contribution in [0, 0.1) is 0 Å². The molecule has 56 valence electrons. The Labute approximate surface area is 64.0 Å². The molecule has 0 spiro atoms. The summed E-state index contributed by atoms with van der Waals surface area (Å²) in [4.78, 5) is 13.1. The first kappa shape index (κ1) is 7.47. The first-order valence-corrected chi connectivity index (χ1v) is 3.09. The average molecular weight is 149 g/mol. The number of nitrogens with zero attached hydrogens (tertiary/aromatic N) is 1. The lowest BCUT2D eigenvalue weighted by Gasteiger charge is -1.93. The monoisotopic (exact) mass is 149 g/mol. The lowest BCUT2D eigenvalue weighted by Crippen LogP contribution is -1.80. The number of hydrogen-bond donors (Lipinski definition) is 1. The zero-order valence-corrected chi connectivity index (χ0v) is 5.77. The van der Waals surface area contributed by atoms with Gasteiger partial charge in [0.1, 0.15) is 5.75 Å². The van der Waals surface area contributed by atoms with Gasteiger partial charge in [-0.25, -0.2) is 4.99 Å². The largest absolute Gasteiger partial charge is 0.507 e. The SMILES string of the molecule is O=CN=Cc1ccccc1O. The summed E-state index contributed by atoms with van der Waals surface area (Å²) >= 11 is 0. The van der Waals surface area contributed by atoms with Crippen molar-refractivity contribution in [2.24, 2.45) is 4.99 Å². The highest BCUT2D eigenvalue weighted by atomic mass is 16.3. The molecule has 0 atom stereocenters. The number of phenols is 1.